The van der Waals surface area contributed by atoms with Crippen molar-refractivity contribution < 1.29 is 9.59 Å². The first-order valence-corrected chi connectivity index (χ1v) is 6.92. The third-order valence-electron chi connectivity index (χ3n) is 3.76. The summed E-state index contributed by atoms with van der Waals surface area (Å²) in [6.45, 7) is 3.20. The van der Waals surface area contributed by atoms with E-state index in [1.54, 1.807) is 6.92 Å². The smallest absolute Gasteiger partial charge is 0.220 e. The molecule has 0 saturated heterocycles. The van der Waals surface area contributed by atoms with Crippen LogP contribution in [0.2, 0.25) is 0 Å². The molecular weight excluding hydrogens is 228 g/mol. The van der Waals surface area contributed by atoms with Crippen LogP contribution in [0.5, 0.6) is 0 Å². The maximum Gasteiger partial charge on any atom is 0.220 e. The number of hydrogen-bond donors (Lipinski definition) is 1. The molecule has 0 radical (unpaired) electrons. The molecule has 0 spiro atoms. The van der Waals surface area contributed by atoms with Crippen molar-refractivity contribution in [2.24, 2.45) is 11.8 Å². The molecule has 0 aromatic rings. The summed E-state index contributed by atoms with van der Waals surface area (Å²) in [5.41, 5.74) is 0. The minimum absolute atomic E-state index is 0.0926. The van der Waals surface area contributed by atoms with E-state index in [0.29, 0.717) is 13.0 Å². The van der Waals surface area contributed by atoms with Crippen LogP contribution in [0, 0.1) is 11.8 Å². The Labute approximate surface area is 110 Å². The van der Waals surface area contributed by atoms with Gasteiger partial charge in [0.15, 0.2) is 0 Å². The highest BCUT2D eigenvalue weighted by Crippen LogP contribution is 2.32. The van der Waals surface area contributed by atoms with Crippen LogP contribution < -0.4 is 5.32 Å². The van der Waals surface area contributed by atoms with Crippen LogP contribution in [0.3, 0.4) is 0 Å². The van der Waals surface area contributed by atoms with Gasteiger partial charge in [0.05, 0.1) is 0 Å². The van der Waals surface area contributed by atoms with E-state index in [1.807, 2.05) is 19.0 Å². The van der Waals surface area contributed by atoms with E-state index < -0.39 is 0 Å². The summed E-state index contributed by atoms with van der Waals surface area (Å²) in [5.74, 6) is 0.713. The summed E-state index contributed by atoms with van der Waals surface area (Å²) >= 11 is 0. The monoisotopic (exact) mass is 254 g/mol. The number of ketones is 1. The predicted octanol–water partition coefficient (Wildman–Crippen LogP) is 1.45. The van der Waals surface area contributed by atoms with Crippen molar-refractivity contribution in [2.45, 2.75) is 39.0 Å². The van der Waals surface area contributed by atoms with Gasteiger partial charge in [0, 0.05) is 25.4 Å². The van der Waals surface area contributed by atoms with Crippen molar-refractivity contribution >= 4 is 11.7 Å². The third-order valence-corrected chi connectivity index (χ3v) is 3.76. The molecule has 1 amide bonds. The van der Waals surface area contributed by atoms with Gasteiger partial charge in [-0.25, -0.2) is 0 Å². The summed E-state index contributed by atoms with van der Waals surface area (Å²) in [6.07, 6.45) is 4.77. The first-order valence-electron chi connectivity index (χ1n) is 6.92. The Hall–Kier alpha value is -0.900. The van der Waals surface area contributed by atoms with Gasteiger partial charge in [-0.2, -0.15) is 0 Å². The summed E-state index contributed by atoms with van der Waals surface area (Å²) < 4.78 is 0. The molecule has 0 heterocycles. The van der Waals surface area contributed by atoms with Gasteiger partial charge in [-0.3, -0.25) is 9.59 Å². The Morgan fingerprint density at radius 3 is 2.50 bits per heavy atom. The summed E-state index contributed by atoms with van der Waals surface area (Å²) in [5, 5.41) is 2.93. The molecule has 1 rings (SSSR count). The highest BCUT2D eigenvalue weighted by atomic mass is 16.1. The fraction of sp³-hybridized carbons (Fsp3) is 0.857. The lowest BCUT2D eigenvalue weighted by Crippen LogP contribution is -2.35. The molecule has 2 atom stereocenters. The first-order chi connectivity index (χ1) is 8.50. The number of Topliss-reactive ketones (excluding diaryl/α,β-unsaturated/α-hetero) is 1. The number of hydrogen-bond acceptors (Lipinski definition) is 3. The van der Waals surface area contributed by atoms with Crippen molar-refractivity contribution in [3.63, 3.8) is 0 Å². The van der Waals surface area contributed by atoms with Crippen LogP contribution in [-0.2, 0) is 9.59 Å². The second-order valence-electron chi connectivity index (χ2n) is 5.62. The molecule has 1 fully saturated rings. The molecule has 0 aromatic carbocycles. The first kappa shape index (κ1) is 15.2. The van der Waals surface area contributed by atoms with E-state index in [9.17, 15) is 9.59 Å². The van der Waals surface area contributed by atoms with Gasteiger partial charge in [-0.1, -0.05) is 12.8 Å². The number of likely N-dealkylation sites (N-methyl/N-ethyl adjacent to an activating group) is 1. The Bertz CT molecular complexity index is 290. The Balaban J connectivity index is 2.34. The van der Waals surface area contributed by atoms with E-state index in [1.165, 1.54) is 0 Å². The molecule has 0 aromatic heterocycles. The molecule has 1 N–H and O–H groups in total. The zero-order valence-corrected chi connectivity index (χ0v) is 11.9. The second-order valence-corrected chi connectivity index (χ2v) is 5.62. The van der Waals surface area contributed by atoms with Crippen molar-refractivity contribution in [1.29, 1.82) is 0 Å². The zero-order chi connectivity index (χ0) is 13.5. The van der Waals surface area contributed by atoms with Crippen LogP contribution in [0.15, 0.2) is 0 Å². The third kappa shape index (κ3) is 5.17. The van der Waals surface area contributed by atoms with E-state index in [0.717, 1.165) is 32.2 Å². The maximum atomic E-state index is 11.8. The highest BCUT2D eigenvalue weighted by Gasteiger charge is 2.29. The lowest BCUT2D eigenvalue weighted by atomic mass is 9.75. The summed E-state index contributed by atoms with van der Waals surface area (Å²) in [6, 6.07) is 0. The minimum atomic E-state index is 0.0926. The largest absolute Gasteiger partial charge is 0.355 e. The van der Waals surface area contributed by atoms with Crippen molar-refractivity contribution in [3.05, 3.63) is 0 Å². The van der Waals surface area contributed by atoms with Crippen LogP contribution in [0.1, 0.15) is 39.0 Å². The van der Waals surface area contributed by atoms with Crippen LogP contribution >= 0.6 is 0 Å². The molecule has 0 unspecified atom stereocenters. The SMILES string of the molecule is CC(=O)[C@@H]1CCCC[C@@H]1CC(=O)NCCN(C)C. The molecule has 1 aliphatic carbocycles. The topological polar surface area (TPSA) is 49.4 Å². The molecule has 0 bridgehead atoms. The standard InChI is InChI=1S/C14H26N2O2/c1-11(17)13-7-5-4-6-12(13)10-14(18)15-8-9-16(2)3/h12-13H,4-10H2,1-3H3,(H,15,18)/t12-,13+/m1/s1. The number of carbonyl (C=O) groups is 2. The Kier molecular flexibility index (Phi) is 6.33. The van der Waals surface area contributed by atoms with E-state index in [2.05, 4.69) is 5.32 Å². The normalized spacial score (nSPS) is 24.0. The number of rotatable bonds is 6. The number of nitrogens with zero attached hydrogens (tertiary/aromatic N) is 1. The van der Waals surface area contributed by atoms with Crippen LogP contribution in [0.4, 0.5) is 0 Å². The fourth-order valence-electron chi connectivity index (χ4n) is 2.72. The van der Waals surface area contributed by atoms with Gasteiger partial charge in [-0.15, -0.1) is 0 Å². The predicted molar refractivity (Wildman–Crippen MR) is 72.3 cm³/mol. The molecule has 4 heteroatoms. The number of nitrogens with one attached hydrogen (secondary N) is 1. The second kappa shape index (κ2) is 7.52. The average Bonchev–Trinajstić information content (AvgIpc) is 2.28. The maximum absolute atomic E-state index is 11.8. The molecule has 18 heavy (non-hydrogen) atoms. The highest BCUT2D eigenvalue weighted by molar-refractivity contribution is 5.81. The van der Waals surface area contributed by atoms with Crippen LogP contribution in [0.25, 0.3) is 0 Å². The van der Waals surface area contributed by atoms with Crippen LogP contribution in [-0.4, -0.2) is 43.8 Å². The lowest BCUT2D eigenvalue weighted by Gasteiger charge is -2.29. The fourth-order valence-corrected chi connectivity index (χ4v) is 2.72. The summed E-state index contributed by atoms with van der Waals surface area (Å²) in [7, 11) is 3.97. The van der Waals surface area contributed by atoms with Crippen molar-refractivity contribution in [3.8, 4) is 0 Å². The quantitative estimate of drug-likeness (QED) is 0.780. The molecular formula is C14H26N2O2. The van der Waals surface area contributed by atoms with Crippen molar-refractivity contribution in [1.82, 2.24) is 10.2 Å². The van der Waals surface area contributed by atoms with Gasteiger partial charge in [-0.05, 0) is 39.8 Å². The molecule has 4 nitrogen and oxygen atoms in total. The van der Waals surface area contributed by atoms with Gasteiger partial charge in [0.2, 0.25) is 5.91 Å². The minimum Gasteiger partial charge on any atom is -0.355 e. The molecule has 104 valence electrons. The van der Waals surface area contributed by atoms with E-state index in [-0.39, 0.29) is 23.5 Å². The van der Waals surface area contributed by atoms with Crippen molar-refractivity contribution in [2.75, 3.05) is 27.2 Å². The lowest BCUT2D eigenvalue weighted by molar-refractivity contribution is -0.126. The van der Waals surface area contributed by atoms with Gasteiger partial charge >= 0.3 is 0 Å². The van der Waals surface area contributed by atoms with E-state index >= 15 is 0 Å². The van der Waals surface area contributed by atoms with E-state index in [4.69, 9.17) is 0 Å². The number of carbonyl (C=O) groups excluding carboxylic acids is 2. The van der Waals surface area contributed by atoms with Gasteiger partial charge in [0.25, 0.3) is 0 Å². The number of amides is 1. The Morgan fingerprint density at radius 1 is 1.22 bits per heavy atom. The van der Waals surface area contributed by atoms with Gasteiger partial charge in [0.1, 0.15) is 5.78 Å². The average molecular weight is 254 g/mol. The molecule has 0 aliphatic heterocycles. The Morgan fingerprint density at radius 2 is 1.89 bits per heavy atom. The van der Waals surface area contributed by atoms with Gasteiger partial charge < -0.3 is 10.2 Å². The molecule has 1 saturated carbocycles. The molecule has 1 aliphatic rings. The summed E-state index contributed by atoms with van der Waals surface area (Å²) in [4.78, 5) is 25.4. The zero-order valence-electron chi connectivity index (χ0n) is 11.9.